The Morgan fingerprint density at radius 3 is 2.43 bits per heavy atom. The number of carbonyl (C=O) groups excluding carboxylic acids is 1. The molecule has 156 valence electrons. The molecule has 30 heavy (non-hydrogen) atoms. The summed E-state index contributed by atoms with van der Waals surface area (Å²) < 4.78 is 7.12. The molecule has 0 aliphatic carbocycles. The normalized spacial score (nSPS) is 10.7. The molecule has 0 radical (unpaired) electrons. The lowest BCUT2D eigenvalue weighted by Crippen LogP contribution is -2.27. The van der Waals surface area contributed by atoms with Gasteiger partial charge in [-0.2, -0.15) is 0 Å². The van der Waals surface area contributed by atoms with Crippen molar-refractivity contribution in [3.63, 3.8) is 0 Å². The second-order valence-electron chi connectivity index (χ2n) is 6.98. The number of hydrogen-bond donors (Lipinski definition) is 1. The van der Waals surface area contributed by atoms with Crippen molar-refractivity contribution in [2.75, 3.05) is 6.61 Å². The third-order valence-electron chi connectivity index (χ3n) is 4.71. The van der Waals surface area contributed by atoms with Crippen LogP contribution in [0, 0.1) is 0 Å². The van der Waals surface area contributed by atoms with Gasteiger partial charge in [0.05, 0.1) is 18.7 Å². The molecule has 0 spiro atoms. The van der Waals surface area contributed by atoms with Crippen LogP contribution in [0.5, 0.6) is 0 Å². The van der Waals surface area contributed by atoms with E-state index in [-0.39, 0.29) is 11.5 Å². The topological polar surface area (TPSA) is 60.3 Å². The molecule has 0 atom stereocenters. The fraction of sp³-hybridized carbons (Fsp3) is 0.250. The fourth-order valence-electron chi connectivity index (χ4n) is 3.07. The van der Waals surface area contributed by atoms with Gasteiger partial charge in [-0.3, -0.25) is 9.59 Å². The van der Waals surface area contributed by atoms with Crippen molar-refractivity contribution >= 4 is 17.5 Å². The first-order chi connectivity index (χ1) is 14.6. The summed E-state index contributed by atoms with van der Waals surface area (Å²) in [5, 5.41) is 3.52. The Balaban J connectivity index is 1.69. The van der Waals surface area contributed by atoms with Crippen LogP contribution in [0.3, 0.4) is 0 Å². The number of ether oxygens (including phenoxy) is 1. The summed E-state index contributed by atoms with van der Waals surface area (Å²) in [7, 11) is 0. The number of carbonyl (C=O) groups is 1. The molecule has 2 aromatic carbocycles. The quantitative estimate of drug-likeness (QED) is 0.518. The van der Waals surface area contributed by atoms with Crippen LogP contribution in [-0.2, 0) is 24.4 Å². The molecule has 0 fully saturated rings. The predicted octanol–water partition coefficient (Wildman–Crippen LogP) is 4.41. The maximum Gasteiger partial charge on any atom is 0.253 e. The molecule has 0 unspecified atom stereocenters. The molecule has 0 aliphatic heterocycles. The molecule has 5 nitrogen and oxygen atoms in total. The SMILES string of the molecule is CCCOCc1ccccc1CNC(=O)c1ccc(=O)n(Cc2ccccc2Cl)c1. The number of nitrogens with zero attached hydrogens (tertiary/aromatic N) is 1. The van der Waals surface area contributed by atoms with Crippen molar-refractivity contribution in [2.24, 2.45) is 0 Å². The standard InChI is InChI=1S/C24H25ClN2O3/c1-2-13-30-17-21-9-4-3-7-18(21)14-26-24(29)20-11-12-23(28)27(16-20)15-19-8-5-6-10-22(19)25/h3-12,16H,2,13-15,17H2,1H3,(H,26,29). The summed E-state index contributed by atoms with van der Waals surface area (Å²) in [5.74, 6) is -0.243. The molecule has 0 saturated heterocycles. The number of halogens is 1. The molecule has 1 heterocycles. The van der Waals surface area contributed by atoms with Crippen molar-refractivity contribution in [1.29, 1.82) is 0 Å². The van der Waals surface area contributed by atoms with Gasteiger partial charge in [0, 0.05) is 30.4 Å². The highest BCUT2D eigenvalue weighted by Crippen LogP contribution is 2.16. The van der Waals surface area contributed by atoms with Crippen molar-refractivity contribution in [1.82, 2.24) is 9.88 Å². The van der Waals surface area contributed by atoms with E-state index in [1.54, 1.807) is 12.3 Å². The molecule has 1 amide bonds. The van der Waals surface area contributed by atoms with Crippen molar-refractivity contribution in [3.8, 4) is 0 Å². The summed E-state index contributed by atoms with van der Waals surface area (Å²) in [6.07, 6.45) is 2.53. The van der Waals surface area contributed by atoms with Crippen LogP contribution in [0.2, 0.25) is 5.02 Å². The van der Waals surface area contributed by atoms with Gasteiger partial charge in [0.1, 0.15) is 0 Å². The molecule has 0 aliphatic rings. The molecule has 1 aromatic heterocycles. The lowest BCUT2D eigenvalue weighted by Gasteiger charge is -2.12. The highest BCUT2D eigenvalue weighted by atomic mass is 35.5. The molecule has 0 bridgehead atoms. The van der Waals surface area contributed by atoms with E-state index < -0.39 is 0 Å². The Morgan fingerprint density at radius 1 is 1.00 bits per heavy atom. The fourth-order valence-corrected chi connectivity index (χ4v) is 3.27. The number of amides is 1. The van der Waals surface area contributed by atoms with Crippen molar-refractivity contribution in [3.05, 3.63) is 104 Å². The van der Waals surface area contributed by atoms with E-state index in [1.165, 1.54) is 16.7 Å². The van der Waals surface area contributed by atoms with Gasteiger partial charge in [-0.05, 0) is 35.2 Å². The van der Waals surface area contributed by atoms with Crippen LogP contribution >= 0.6 is 11.6 Å². The van der Waals surface area contributed by atoms with Crippen molar-refractivity contribution in [2.45, 2.75) is 33.0 Å². The number of rotatable bonds is 9. The highest BCUT2D eigenvalue weighted by Gasteiger charge is 2.10. The van der Waals surface area contributed by atoms with Gasteiger partial charge in [0.15, 0.2) is 0 Å². The Hall–Kier alpha value is -2.89. The van der Waals surface area contributed by atoms with Gasteiger partial charge in [-0.25, -0.2) is 0 Å². The second kappa shape index (κ2) is 10.8. The average Bonchev–Trinajstić information content (AvgIpc) is 2.76. The lowest BCUT2D eigenvalue weighted by molar-refractivity contribution is 0.0948. The minimum Gasteiger partial charge on any atom is -0.377 e. The first-order valence-corrected chi connectivity index (χ1v) is 10.3. The van der Waals surface area contributed by atoms with E-state index in [2.05, 4.69) is 12.2 Å². The van der Waals surface area contributed by atoms with Gasteiger partial charge in [0.25, 0.3) is 11.5 Å². The summed E-state index contributed by atoms with van der Waals surface area (Å²) in [6.45, 7) is 3.97. The average molecular weight is 425 g/mol. The molecule has 6 heteroatoms. The van der Waals surface area contributed by atoms with Gasteiger partial charge in [-0.15, -0.1) is 0 Å². The molecule has 0 saturated carbocycles. The van der Waals surface area contributed by atoms with Gasteiger partial charge in [0.2, 0.25) is 0 Å². The summed E-state index contributed by atoms with van der Waals surface area (Å²) >= 11 is 6.20. The van der Waals surface area contributed by atoms with E-state index in [1.807, 2.05) is 42.5 Å². The zero-order chi connectivity index (χ0) is 21.3. The summed E-state index contributed by atoms with van der Waals surface area (Å²) in [4.78, 5) is 24.9. The Labute approximate surface area is 181 Å². The number of pyridine rings is 1. The van der Waals surface area contributed by atoms with Gasteiger partial charge >= 0.3 is 0 Å². The summed E-state index contributed by atoms with van der Waals surface area (Å²) in [5.41, 5.74) is 3.10. The first-order valence-electron chi connectivity index (χ1n) is 9.95. The predicted molar refractivity (Wildman–Crippen MR) is 119 cm³/mol. The lowest BCUT2D eigenvalue weighted by atomic mass is 10.1. The van der Waals surface area contributed by atoms with Gasteiger partial charge in [-0.1, -0.05) is 61.0 Å². The van der Waals surface area contributed by atoms with Gasteiger partial charge < -0.3 is 14.6 Å². The largest absolute Gasteiger partial charge is 0.377 e. The number of nitrogens with one attached hydrogen (secondary N) is 1. The highest BCUT2D eigenvalue weighted by molar-refractivity contribution is 6.31. The van der Waals surface area contributed by atoms with E-state index in [9.17, 15) is 9.59 Å². The summed E-state index contributed by atoms with van der Waals surface area (Å²) in [6, 6.07) is 18.2. The minimum absolute atomic E-state index is 0.190. The van der Waals surface area contributed by atoms with E-state index >= 15 is 0 Å². The molecule has 1 N–H and O–H groups in total. The Bertz CT molecular complexity index is 1060. The Morgan fingerprint density at radius 2 is 1.70 bits per heavy atom. The minimum atomic E-state index is -0.243. The van der Waals surface area contributed by atoms with Crippen LogP contribution < -0.4 is 10.9 Å². The monoisotopic (exact) mass is 424 g/mol. The number of aromatic nitrogens is 1. The van der Waals surface area contributed by atoms with Crippen LogP contribution in [0.4, 0.5) is 0 Å². The smallest absolute Gasteiger partial charge is 0.253 e. The van der Waals surface area contributed by atoms with Crippen LogP contribution in [0.15, 0.2) is 71.7 Å². The zero-order valence-electron chi connectivity index (χ0n) is 16.9. The first kappa shape index (κ1) is 21.8. The van der Waals surface area contributed by atoms with Crippen LogP contribution in [0.25, 0.3) is 0 Å². The molecular formula is C24H25ClN2O3. The van der Waals surface area contributed by atoms with Crippen LogP contribution in [0.1, 0.15) is 40.4 Å². The molecular weight excluding hydrogens is 400 g/mol. The maximum absolute atomic E-state index is 12.7. The number of benzene rings is 2. The second-order valence-corrected chi connectivity index (χ2v) is 7.39. The third kappa shape index (κ3) is 5.81. The van der Waals surface area contributed by atoms with E-state index in [0.717, 1.165) is 23.1 Å². The third-order valence-corrected chi connectivity index (χ3v) is 5.08. The van der Waals surface area contributed by atoms with Crippen LogP contribution in [-0.4, -0.2) is 17.1 Å². The zero-order valence-corrected chi connectivity index (χ0v) is 17.7. The van der Waals surface area contributed by atoms with E-state index in [0.29, 0.717) is 36.9 Å². The molecule has 3 rings (SSSR count). The Kier molecular flexibility index (Phi) is 7.82. The number of hydrogen-bond acceptors (Lipinski definition) is 3. The van der Waals surface area contributed by atoms with E-state index in [4.69, 9.17) is 16.3 Å². The maximum atomic E-state index is 12.7. The molecule has 3 aromatic rings. The van der Waals surface area contributed by atoms with Crippen molar-refractivity contribution < 1.29 is 9.53 Å².